The Hall–Kier alpha value is -3.62. The summed E-state index contributed by atoms with van der Waals surface area (Å²) >= 11 is 0. The van der Waals surface area contributed by atoms with Gasteiger partial charge in [0.2, 0.25) is 0 Å². The van der Waals surface area contributed by atoms with Gasteiger partial charge in [-0.1, -0.05) is 55.0 Å². The number of hydrogen-bond donors (Lipinski definition) is 0. The highest BCUT2D eigenvalue weighted by atomic mass is 16.5. The maximum absolute atomic E-state index is 15.2. The summed E-state index contributed by atoms with van der Waals surface area (Å²) in [5.74, 6) is 1.10. The number of fused-ring (bicyclic) bond motifs is 7. The third-order valence-electron chi connectivity index (χ3n) is 17.0. The molecule has 9 atom stereocenters. The van der Waals surface area contributed by atoms with Gasteiger partial charge in [0.15, 0.2) is 5.78 Å². The maximum Gasteiger partial charge on any atom is 0.352 e. The van der Waals surface area contributed by atoms with Crippen molar-refractivity contribution in [2.45, 2.75) is 145 Å². The number of Topliss-reactive ketones (excluding diaryl/α,β-unsaturated/α-hetero) is 1. The molecule has 0 radical (unpaired) electrons. The molecule has 0 bridgehead atoms. The average Bonchev–Trinajstić information content (AvgIpc) is 3.58. The van der Waals surface area contributed by atoms with Crippen LogP contribution in [0.1, 0.15) is 143 Å². The first kappa shape index (κ1) is 37.3. The van der Waals surface area contributed by atoms with E-state index in [9.17, 15) is 9.59 Å². The smallest absolute Gasteiger partial charge is 0.352 e. The van der Waals surface area contributed by atoms with Crippen LogP contribution in [0.25, 0.3) is 5.69 Å². The van der Waals surface area contributed by atoms with E-state index in [0.29, 0.717) is 30.2 Å². The number of carbonyl (C=O) groups excluding carboxylic acids is 2. The summed E-state index contributed by atoms with van der Waals surface area (Å²) in [5.41, 5.74) is 1.43. The Morgan fingerprint density at radius 1 is 0.870 bits per heavy atom. The van der Waals surface area contributed by atoms with E-state index < -0.39 is 11.0 Å². The quantitative estimate of drug-likeness (QED) is 0.122. The molecule has 0 N–H and O–H groups in total. The summed E-state index contributed by atoms with van der Waals surface area (Å²) in [4.78, 5) is 55.1. The molecule has 0 saturated heterocycles. The second kappa shape index (κ2) is 11.7. The number of ether oxygens (including phenoxy) is 2. The number of esters is 1. The summed E-state index contributed by atoms with van der Waals surface area (Å²) in [6.45, 7) is 26.1. The lowest BCUT2D eigenvalue weighted by molar-refractivity contribution is -0.214. The number of aromatic nitrogens is 3. The molecule has 1 aromatic carbocycles. The normalized spacial score (nSPS) is 38.6. The van der Waals surface area contributed by atoms with E-state index in [1.54, 1.807) is 24.3 Å². The lowest BCUT2D eigenvalue weighted by Crippen LogP contribution is -2.67. The lowest BCUT2D eigenvalue weighted by Gasteiger charge is -2.72. The Bertz CT molecular complexity index is 2120. The van der Waals surface area contributed by atoms with Gasteiger partial charge in [-0.3, -0.25) is 9.59 Å². The third kappa shape index (κ3) is 4.50. The van der Waals surface area contributed by atoms with Gasteiger partial charge in [-0.15, -0.1) is 0 Å². The van der Waals surface area contributed by atoms with Crippen molar-refractivity contribution in [1.82, 2.24) is 13.9 Å². The van der Waals surface area contributed by atoms with E-state index in [1.165, 1.54) is 29.6 Å². The fourth-order valence-electron chi connectivity index (χ4n) is 14.3. The zero-order chi connectivity index (χ0) is 39.1. The van der Waals surface area contributed by atoms with Crippen molar-refractivity contribution in [2.75, 3.05) is 6.61 Å². The zero-order valence-corrected chi connectivity index (χ0v) is 34.3. The van der Waals surface area contributed by atoms with Gasteiger partial charge < -0.3 is 9.47 Å². The molecular formula is C45H61N3O6. The van der Waals surface area contributed by atoms with Crippen LogP contribution in [0.3, 0.4) is 0 Å². The average molecular weight is 740 g/mol. The minimum Gasteiger partial charge on any atom is -0.495 e. The van der Waals surface area contributed by atoms with Gasteiger partial charge in [0.1, 0.15) is 12.7 Å². The van der Waals surface area contributed by atoms with E-state index in [0.717, 1.165) is 57.1 Å². The van der Waals surface area contributed by atoms with E-state index in [2.05, 4.69) is 55.0 Å². The topological polar surface area (TPSA) is 102 Å². The third-order valence-corrected chi connectivity index (χ3v) is 17.0. The molecule has 292 valence electrons. The number of carbonyl (C=O) groups is 2. The van der Waals surface area contributed by atoms with Gasteiger partial charge in [0, 0.05) is 23.3 Å². The molecule has 4 unspecified atom stereocenters. The number of hydrogen-bond acceptors (Lipinski definition) is 6. The number of ketones is 1. The minimum atomic E-state index is -0.751. The van der Waals surface area contributed by atoms with Crippen LogP contribution in [0.4, 0.5) is 0 Å². The molecule has 2 aromatic rings. The van der Waals surface area contributed by atoms with E-state index in [1.807, 2.05) is 16.3 Å². The van der Waals surface area contributed by atoms with Crippen LogP contribution in [0, 0.1) is 44.8 Å². The summed E-state index contributed by atoms with van der Waals surface area (Å²) in [7, 11) is 0. The van der Waals surface area contributed by atoms with Gasteiger partial charge >= 0.3 is 17.3 Å². The van der Waals surface area contributed by atoms with Gasteiger partial charge in [0.05, 0.1) is 23.0 Å². The van der Waals surface area contributed by atoms with Crippen LogP contribution in [-0.2, 0) is 19.8 Å². The molecule has 4 saturated carbocycles. The lowest BCUT2D eigenvalue weighted by atomic mass is 9.33. The first-order chi connectivity index (χ1) is 25.2. The van der Waals surface area contributed by atoms with Crippen molar-refractivity contribution in [2.24, 2.45) is 44.8 Å². The number of allylic oxidation sites excluding steroid dienone is 2. The Morgan fingerprint density at radius 2 is 1.54 bits per heavy atom. The van der Waals surface area contributed by atoms with Crippen molar-refractivity contribution in [1.29, 1.82) is 0 Å². The number of nitrogens with zero attached hydrogens (tertiary/aromatic N) is 3. The fraction of sp³-hybridized carbons (Fsp3) is 0.689. The predicted octanol–water partition coefficient (Wildman–Crippen LogP) is 8.53. The van der Waals surface area contributed by atoms with Crippen molar-refractivity contribution in [3.63, 3.8) is 0 Å². The second-order valence-electron chi connectivity index (χ2n) is 19.9. The molecule has 9 heteroatoms. The van der Waals surface area contributed by atoms with Crippen LogP contribution in [-0.4, -0.2) is 38.4 Å². The molecule has 8 rings (SSSR count). The molecule has 0 amide bonds. The van der Waals surface area contributed by atoms with Crippen LogP contribution in [0.2, 0.25) is 0 Å². The van der Waals surface area contributed by atoms with Gasteiger partial charge in [-0.25, -0.2) is 23.5 Å². The minimum absolute atomic E-state index is 0.00929. The molecule has 54 heavy (non-hydrogen) atoms. The molecular weight excluding hydrogens is 679 g/mol. The number of benzene rings is 1. The SMILES string of the molecule is C=C(C)O[C@H]1CC[C@@]2(C)C(CC[C@]3(C)C2CC2C4=C5C(C(C)C)(CC[C@]5(COC(C)=O)CC[C@]43C)n3c(=O)n(-c4ccc(C(C)=O)cc4)c(=O)n32)C1(C)C. The maximum atomic E-state index is 15.2. The standard InChI is InChI=1S/C45H61N3O6/c1-26(2)45-23-22-44(25-53-29(6)50)21-20-43(11)36(37(44)45)32(47-38(51)46(39(52)48(45)47)31-14-12-30(13-15-31)28(5)49)24-34-41(9)18-17-35(54-27(3)4)40(7,8)33(41)16-19-42(34,43)10/h12-15,26,32-35H,3,16-25H2,1-2,4-11H3/t32?,33?,34?,35-,41-,42+,43+,44-,45?/m0/s1. The van der Waals surface area contributed by atoms with E-state index >= 15 is 9.59 Å². The molecule has 1 aliphatic heterocycles. The summed E-state index contributed by atoms with van der Waals surface area (Å²) in [6.07, 6.45) is 8.36. The molecule has 1 aromatic heterocycles. The van der Waals surface area contributed by atoms with Gasteiger partial charge in [-0.2, -0.15) is 0 Å². The first-order valence-corrected chi connectivity index (χ1v) is 20.5. The highest BCUT2D eigenvalue weighted by Crippen LogP contribution is 2.79. The zero-order valence-electron chi connectivity index (χ0n) is 34.3. The van der Waals surface area contributed by atoms with Crippen LogP contribution < -0.4 is 11.4 Å². The largest absolute Gasteiger partial charge is 0.495 e. The Morgan fingerprint density at radius 3 is 2.15 bits per heavy atom. The van der Waals surface area contributed by atoms with Gasteiger partial charge in [0.25, 0.3) is 0 Å². The van der Waals surface area contributed by atoms with Crippen molar-refractivity contribution in [3.8, 4) is 5.69 Å². The second-order valence-corrected chi connectivity index (χ2v) is 19.9. The summed E-state index contributed by atoms with van der Waals surface area (Å²) in [5, 5.41) is 0. The number of rotatable bonds is 7. The van der Waals surface area contributed by atoms with E-state index in [4.69, 9.17) is 9.47 Å². The predicted molar refractivity (Wildman–Crippen MR) is 209 cm³/mol. The molecule has 5 aliphatic carbocycles. The van der Waals surface area contributed by atoms with Crippen molar-refractivity contribution >= 4 is 11.8 Å². The highest BCUT2D eigenvalue weighted by molar-refractivity contribution is 5.94. The Kier molecular flexibility index (Phi) is 8.09. The van der Waals surface area contributed by atoms with Crippen LogP contribution >= 0.6 is 0 Å². The molecule has 9 nitrogen and oxygen atoms in total. The molecule has 4 fully saturated rings. The highest BCUT2D eigenvalue weighted by Gasteiger charge is 2.73. The fourth-order valence-corrected chi connectivity index (χ4v) is 14.3. The molecule has 0 spiro atoms. The van der Waals surface area contributed by atoms with Crippen molar-refractivity contribution in [3.05, 3.63) is 74.3 Å². The van der Waals surface area contributed by atoms with Crippen LogP contribution in [0.15, 0.2) is 57.3 Å². The summed E-state index contributed by atoms with van der Waals surface area (Å²) in [6, 6.07) is 6.54. The first-order valence-electron chi connectivity index (χ1n) is 20.5. The molecule has 6 aliphatic rings. The van der Waals surface area contributed by atoms with Crippen molar-refractivity contribution < 1.29 is 19.1 Å². The van der Waals surface area contributed by atoms with Gasteiger partial charge in [-0.05, 0) is 141 Å². The Labute approximate surface area is 320 Å². The molecule has 2 heterocycles. The van der Waals surface area contributed by atoms with E-state index in [-0.39, 0.29) is 68.8 Å². The summed E-state index contributed by atoms with van der Waals surface area (Å²) < 4.78 is 17.5. The monoisotopic (exact) mass is 739 g/mol. The Balaban J connectivity index is 1.39. The van der Waals surface area contributed by atoms with Crippen LogP contribution in [0.5, 0.6) is 0 Å².